The van der Waals surface area contributed by atoms with Gasteiger partial charge in [-0.1, -0.05) is 6.92 Å². The molecular formula is C20H20F3N7O3. The van der Waals surface area contributed by atoms with Crippen molar-refractivity contribution in [2.45, 2.75) is 26.1 Å². The van der Waals surface area contributed by atoms with E-state index in [2.05, 4.69) is 20.4 Å². The van der Waals surface area contributed by atoms with Gasteiger partial charge in [-0.3, -0.25) is 9.78 Å². The summed E-state index contributed by atoms with van der Waals surface area (Å²) in [5.74, 6) is -0.943. The third-order valence-electron chi connectivity index (χ3n) is 5.71. The third kappa shape index (κ3) is 4.01. The second-order valence-electron chi connectivity index (χ2n) is 7.95. The number of nitrogens with zero attached hydrogens (tertiary/aromatic N) is 5. The Morgan fingerprint density at radius 1 is 1.24 bits per heavy atom. The van der Waals surface area contributed by atoms with Gasteiger partial charge in [0, 0.05) is 24.8 Å². The van der Waals surface area contributed by atoms with Crippen molar-refractivity contribution >= 4 is 23.3 Å². The highest BCUT2D eigenvalue weighted by atomic mass is 19.4. The fourth-order valence-electron chi connectivity index (χ4n) is 3.95. The fraction of sp³-hybridized carbons (Fsp3) is 0.350. The molecule has 2 amide bonds. The molecule has 10 nitrogen and oxygen atoms in total. The number of carbonyl (C=O) groups is 2. The molecule has 3 aromatic heterocycles. The van der Waals surface area contributed by atoms with Gasteiger partial charge in [0.15, 0.2) is 5.82 Å². The Morgan fingerprint density at radius 2 is 1.97 bits per heavy atom. The monoisotopic (exact) mass is 463 g/mol. The van der Waals surface area contributed by atoms with Gasteiger partial charge in [0.2, 0.25) is 0 Å². The summed E-state index contributed by atoms with van der Waals surface area (Å²) in [6.45, 7) is 3.85. The number of nitrogens with one attached hydrogen (secondary N) is 1. The number of aryl methyl sites for hydroxylation is 1. The van der Waals surface area contributed by atoms with Crippen LogP contribution in [0.2, 0.25) is 0 Å². The number of hydrogen-bond acceptors (Lipinski definition) is 6. The van der Waals surface area contributed by atoms with Crippen molar-refractivity contribution in [3.8, 4) is 11.3 Å². The van der Waals surface area contributed by atoms with Crippen LogP contribution in [0, 0.1) is 12.8 Å². The summed E-state index contributed by atoms with van der Waals surface area (Å²) in [6, 6.07) is 1.90. The van der Waals surface area contributed by atoms with Crippen molar-refractivity contribution < 1.29 is 27.9 Å². The average Bonchev–Trinajstić information content (AvgIpc) is 3.30. The molecule has 0 aliphatic carbocycles. The topological polar surface area (TPSA) is 139 Å². The zero-order chi connectivity index (χ0) is 24.1. The zero-order valence-electron chi connectivity index (χ0n) is 17.6. The van der Waals surface area contributed by atoms with Crippen molar-refractivity contribution in [1.29, 1.82) is 0 Å². The molecule has 1 fully saturated rings. The molecule has 33 heavy (non-hydrogen) atoms. The Kier molecular flexibility index (Phi) is 5.34. The average molecular weight is 463 g/mol. The predicted molar refractivity (Wildman–Crippen MR) is 110 cm³/mol. The highest BCUT2D eigenvalue weighted by Crippen LogP contribution is 2.38. The van der Waals surface area contributed by atoms with Gasteiger partial charge in [-0.05, 0) is 25.0 Å². The molecule has 174 valence electrons. The fourth-order valence-corrected chi connectivity index (χ4v) is 3.95. The van der Waals surface area contributed by atoms with Crippen LogP contribution in [0.3, 0.4) is 0 Å². The molecule has 1 aliphatic rings. The van der Waals surface area contributed by atoms with Crippen molar-refractivity contribution in [3.05, 3.63) is 41.5 Å². The van der Waals surface area contributed by atoms with E-state index in [0.29, 0.717) is 5.69 Å². The number of nitrogens with two attached hydrogens (primary N) is 1. The summed E-state index contributed by atoms with van der Waals surface area (Å²) in [7, 11) is 0. The van der Waals surface area contributed by atoms with E-state index in [4.69, 9.17) is 5.73 Å². The number of pyridine rings is 1. The quantitative estimate of drug-likeness (QED) is 0.542. The first-order valence-electron chi connectivity index (χ1n) is 9.92. The second kappa shape index (κ2) is 7.90. The molecule has 0 spiro atoms. The van der Waals surface area contributed by atoms with Gasteiger partial charge >= 0.3 is 12.3 Å². The number of nitrogen functional groups attached to an aromatic ring is 1. The number of aromatic nitrogens is 4. The minimum Gasteiger partial charge on any atom is -0.465 e. The van der Waals surface area contributed by atoms with Crippen LogP contribution >= 0.6 is 0 Å². The molecule has 13 heteroatoms. The first kappa shape index (κ1) is 22.3. The highest BCUT2D eigenvalue weighted by Gasteiger charge is 2.37. The van der Waals surface area contributed by atoms with Crippen LogP contribution in [-0.4, -0.2) is 60.7 Å². The molecular weight excluding hydrogens is 443 g/mol. The van der Waals surface area contributed by atoms with Gasteiger partial charge in [0.1, 0.15) is 11.8 Å². The van der Waals surface area contributed by atoms with Crippen LogP contribution in [0.1, 0.15) is 28.5 Å². The summed E-state index contributed by atoms with van der Waals surface area (Å²) in [5.41, 5.74) is 5.07. The van der Waals surface area contributed by atoms with E-state index < -0.39 is 29.8 Å². The molecule has 4 N–H and O–H groups in total. The van der Waals surface area contributed by atoms with Gasteiger partial charge in [0.25, 0.3) is 5.91 Å². The maximum Gasteiger partial charge on any atom is 0.418 e. The summed E-state index contributed by atoms with van der Waals surface area (Å²) in [4.78, 5) is 33.2. The Morgan fingerprint density at radius 3 is 2.61 bits per heavy atom. The lowest BCUT2D eigenvalue weighted by molar-refractivity contribution is -0.136. The Labute approximate surface area is 185 Å². The number of likely N-dealkylation sites (tertiary alicyclic amines) is 1. The van der Waals surface area contributed by atoms with E-state index in [0.717, 1.165) is 16.9 Å². The van der Waals surface area contributed by atoms with Crippen LogP contribution in [0.5, 0.6) is 0 Å². The maximum atomic E-state index is 13.6. The van der Waals surface area contributed by atoms with Crippen molar-refractivity contribution in [1.82, 2.24) is 29.8 Å². The number of carboxylic acid groups (broad SMARTS) is 1. The van der Waals surface area contributed by atoms with Crippen molar-refractivity contribution in [2.24, 2.45) is 5.92 Å². The number of halogens is 3. The van der Waals surface area contributed by atoms with Gasteiger partial charge in [-0.2, -0.15) is 18.3 Å². The number of fused-ring (bicyclic) bond motifs is 1. The number of amides is 2. The van der Waals surface area contributed by atoms with Crippen LogP contribution in [-0.2, 0) is 6.18 Å². The molecule has 4 rings (SSSR count). The Bertz CT molecular complexity index is 1260. The number of hydrogen-bond donors (Lipinski definition) is 3. The molecule has 3 aromatic rings. The van der Waals surface area contributed by atoms with E-state index >= 15 is 0 Å². The summed E-state index contributed by atoms with van der Waals surface area (Å²) < 4.78 is 41.8. The summed E-state index contributed by atoms with van der Waals surface area (Å²) >= 11 is 0. The van der Waals surface area contributed by atoms with Crippen molar-refractivity contribution in [3.63, 3.8) is 0 Å². The molecule has 0 bridgehead atoms. The second-order valence-corrected chi connectivity index (χ2v) is 7.95. The summed E-state index contributed by atoms with van der Waals surface area (Å²) in [5, 5.41) is 15.9. The van der Waals surface area contributed by atoms with Gasteiger partial charge in [-0.15, -0.1) is 0 Å². The lowest BCUT2D eigenvalue weighted by atomic mass is 10.0. The molecule has 2 unspecified atom stereocenters. The maximum absolute atomic E-state index is 13.6. The number of carbonyl (C=O) groups excluding carboxylic acids is 1. The number of rotatable bonds is 3. The third-order valence-corrected chi connectivity index (χ3v) is 5.71. The van der Waals surface area contributed by atoms with Crippen molar-refractivity contribution in [2.75, 3.05) is 18.8 Å². The lowest BCUT2D eigenvalue weighted by Crippen LogP contribution is -2.40. The van der Waals surface area contributed by atoms with Crippen LogP contribution in [0.15, 0.2) is 24.7 Å². The highest BCUT2D eigenvalue weighted by molar-refractivity contribution is 5.96. The van der Waals surface area contributed by atoms with Crippen LogP contribution in [0.4, 0.5) is 23.8 Å². The SMILES string of the molecule is Cc1ncc(-c2cc(C(F)(F)F)c3c(N)ncnn23)cc1C(=O)NC1CN(C(=O)O)CC1C. The van der Waals surface area contributed by atoms with E-state index in [1.807, 2.05) is 6.92 Å². The first-order chi connectivity index (χ1) is 15.5. The standard InChI is InChI=1S/C20H20F3N7O3/c1-9-6-29(19(32)33)7-14(9)28-18(31)12-3-11(5-25-10(12)2)15-4-13(20(21,22)23)16-17(24)26-8-27-30(15)16/h3-5,8-9,14H,6-7H2,1-2H3,(H,28,31)(H,32,33)(H2,24,26,27). The lowest BCUT2D eigenvalue weighted by Gasteiger charge is -2.17. The minimum absolute atomic E-state index is 0.0410. The molecule has 0 saturated carbocycles. The number of anilines is 1. The largest absolute Gasteiger partial charge is 0.465 e. The zero-order valence-corrected chi connectivity index (χ0v) is 17.6. The van der Waals surface area contributed by atoms with E-state index in [1.54, 1.807) is 6.92 Å². The van der Waals surface area contributed by atoms with Gasteiger partial charge in [0.05, 0.1) is 28.6 Å². The Hall–Kier alpha value is -3.90. The molecule has 1 aliphatic heterocycles. The smallest absolute Gasteiger partial charge is 0.418 e. The van der Waals surface area contributed by atoms with Gasteiger partial charge < -0.3 is 21.1 Å². The van der Waals surface area contributed by atoms with Crippen LogP contribution in [0.25, 0.3) is 16.8 Å². The molecule has 1 saturated heterocycles. The normalized spacial score (nSPS) is 18.6. The first-order valence-corrected chi connectivity index (χ1v) is 9.92. The van der Waals surface area contributed by atoms with E-state index in [9.17, 15) is 27.9 Å². The van der Waals surface area contributed by atoms with Gasteiger partial charge in [-0.25, -0.2) is 14.3 Å². The Balaban J connectivity index is 1.72. The van der Waals surface area contributed by atoms with Crippen LogP contribution < -0.4 is 11.1 Å². The van der Waals surface area contributed by atoms with E-state index in [1.165, 1.54) is 17.2 Å². The molecule has 0 radical (unpaired) electrons. The predicted octanol–water partition coefficient (Wildman–Crippen LogP) is 2.43. The molecule has 2 atom stereocenters. The number of alkyl halides is 3. The molecule has 0 aromatic carbocycles. The summed E-state index contributed by atoms with van der Waals surface area (Å²) in [6.07, 6.45) is -3.39. The van der Waals surface area contributed by atoms with E-state index in [-0.39, 0.29) is 47.2 Å². The minimum atomic E-state index is -4.70. The molecule has 4 heterocycles.